The van der Waals surface area contributed by atoms with Crippen molar-refractivity contribution in [3.05, 3.63) is 58.3 Å². The Kier molecular flexibility index (Phi) is 5.44. The lowest BCUT2D eigenvalue weighted by Gasteiger charge is -2.12. The Hall–Kier alpha value is -3.29. The first kappa shape index (κ1) is 18.5. The van der Waals surface area contributed by atoms with E-state index in [9.17, 15) is 4.79 Å². The quantitative estimate of drug-likeness (QED) is 0.681. The number of hydrogen-bond donors (Lipinski definition) is 1. The van der Waals surface area contributed by atoms with E-state index in [-0.39, 0.29) is 12.5 Å². The minimum absolute atomic E-state index is 0.250. The number of nitrogens with zero attached hydrogens (tertiary/aromatic N) is 2. The van der Waals surface area contributed by atoms with Crippen LogP contribution in [-0.2, 0) is 13.2 Å². The van der Waals surface area contributed by atoms with Crippen LogP contribution < -0.4 is 14.8 Å². The zero-order chi connectivity index (χ0) is 19.4. The SMILES string of the molecule is COc1cc(C(=O)NCc2cc(C)no2)ccc1OCc1c(C)noc1C. The summed E-state index contributed by atoms with van der Waals surface area (Å²) in [7, 11) is 1.52. The van der Waals surface area contributed by atoms with Gasteiger partial charge in [0.1, 0.15) is 12.4 Å². The summed E-state index contributed by atoms with van der Waals surface area (Å²) in [6.07, 6.45) is 0. The molecule has 1 aromatic carbocycles. The highest BCUT2D eigenvalue weighted by Crippen LogP contribution is 2.29. The van der Waals surface area contributed by atoms with E-state index >= 15 is 0 Å². The van der Waals surface area contributed by atoms with Crippen molar-refractivity contribution in [3.63, 3.8) is 0 Å². The summed E-state index contributed by atoms with van der Waals surface area (Å²) in [5, 5.41) is 10.5. The third-order valence-corrected chi connectivity index (χ3v) is 4.08. The Balaban J connectivity index is 1.67. The molecule has 0 saturated heterocycles. The third-order valence-electron chi connectivity index (χ3n) is 4.08. The van der Waals surface area contributed by atoms with Crippen molar-refractivity contribution in [2.75, 3.05) is 7.11 Å². The molecular weight excluding hydrogens is 350 g/mol. The van der Waals surface area contributed by atoms with Gasteiger partial charge in [0, 0.05) is 11.6 Å². The zero-order valence-electron chi connectivity index (χ0n) is 15.7. The monoisotopic (exact) mass is 371 g/mol. The van der Waals surface area contributed by atoms with Crippen LogP contribution in [0.3, 0.4) is 0 Å². The molecule has 0 aliphatic carbocycles. The van der Waals surface area contributed by atoms with Gasteiger partial charge in [-0.15, -0.1) is 0 Å². The molecule has 0 spiro atoms. The van der Waals surface area contributed by atoms with Crippen molar-refractivity contribution in [2.24, 2.45) is 0 Å². The van der Waals surface area contributed by atoms with Crippen molar-refractivity contribution in [2.45, 2.75) is 33.9 Å². The minimum Gasteiger partial charge on any atom is -0.493 e. The lowest BCUT2D eigenvalue weighted by atomic mass is 10.2. The molecule has 0 radical (unpaired) electrons. The second kappa shape index (κ2) is 7.94. The van der Waals surface area contributed by atoms with Crippen molar-refractivity contribution >= 4 is 5.91 Å². The fourth-order valence-electron chi connectivity index (χ4n) is 2.56. The molecule has 142 valence electrons. The third kappa shape index (κ3) is 4.28. The topological polar surface area (TPSA) is 99.6 Å². The molecule has 2 heterocycles. The molecule has 0 atom stereocenters. The molecule has 27 heavy (non-hydrogen) atoms. The molecule has 0 unspecified atom stereocenters. The summed E-state index contributed by atoms with van der Waals surface area (Å²) in [6, 6.07) is 6.77. The van der Waals surface area contributed by atoms with Gasteiger partial charge in [0.05, 0.1) is 30.6 Å². The van der Waals surface area contributed by atoms with Gasteiger partial charge in [0.25, 0.3) is 5.91 Å². The standard InChI is InChI=1S/C19H21N3O5/c1-11-7-15(27-21-11)9-20-19(23)14-5-6-17(18(8-14)24-4)25-10-16-12(2)22-26-13(16)3/h5-8H,9-10H2,1-4H3,(H,20,23). The zero-order valence-corrected chi connectivity index (χ0v) is 15.7. The molecule has 0 bridgehead atoms. The van der Waals surface area contributed by atoms with Crippen LogP contribution in [0, 0.1) is 20.8 Å². The number of amides is 1. The lowest BCUT2D eigenvalue weighted by Crippen LogP contribution is -2.22. The minimum atomic E-state index is -0.250. The van der Waals surface area contributed by atoms with Crippen LogP contribution in [-0.4, -0.2) is 23.3 Å². The summed E-state index contributed by atoms with van der Waals surface area (Å²) in [4.78, 5) is 12.3. The van der Waals surface area contributed by atoms with E-state index < -0.39 is 0 Å². The van der Waals surface area contributed by atoms with Crippen LogP contribution in [0.1, 0.15) is 38.8 Å². The molecule has 0 aliphatic rings. The van der Waals surface area contributed by atoms with E-state index in [1.807, 2.05) is 20.8 Å². The summed E-state index contributed by atoms with van der Waals surface area (Å²) < 4.78 is 21.4. The van der Waals surface area contributed by atoms with Gasteiger partial charge in [-0.2, -0.15) is 0 Å². The predicted octanol–water partition coefficient (Wildman–Crippen LogP) is 3.11. The van der Waals surface area contributed by atoms with Gasteiger partial charge in [0.2, 0.25) is 0 Å². The van der Waals surface area contributed by atoms with E-state index in [1.165, 1.54) is 7.11 Å². The number of aryl methyl sites for hydroxylation is 3. The Morgan fingerprint density at radius 3 is 2.56 bits per heavy atom. The summed E-state index contributed by atoms with van der Waals surface area (Å²) >= 11 is 0. The number of carbonyl (C=O) groups excluding carboxylic acids is 1. The molecule has 1 N–H and O–H groups in total. The van der Waals surface area contributed by atoms with E-state index in [4.69, 9.17) is 18.5 Å². The van der Waals surface area contributed by atoms with E-state index in [0.29, 0.717) is 35.2 Å². The molecular formula is C19H21N3O5. The van der Waals surface area contributed by atoms with Crippen molar-refractivity contribution in [3.8, 4) is 11.5 Å². The Morgan fingerprint density at radius 1 is 1.11 bits per heavy atom. The van der Waals surface area contributed by atoms with E-state index in [0.717, 1.165) is 17.0 Å². The average Bonchev–Trinajstić information content (AvgIpc) is 3.23. The normalized spacial score (nSPS) is 10.7. The van der Waals surface area contributed by atoms with Crippen LogP contribution in [0.4, 0.5) is 0 Å². The average molecular weight is 371 g/mol. The highest BCUT2D eigenvalue weighted by molar-refractivity contribution is 5.94. The molecule has 0 saturated carbocycles. The molecule has 3 aromatic rings. The number of hydrogen-bond acceptors (Lipinski definition) is 7. The molecule has 1 amide bonds. The van der Waals surface area contributed by atoms with Gasteiger partial charge in [0.15, 0.2) is 17.3 Å². The number of nitrogens with one attached hydrogen (secondary N) is 1. The molecule has 2 aromatic heterocycles. The lowest BCUT2D eigenvalue weighted by molar-refractivity contribution is 0.0946. The van der Waals surface area contributed by atoms with Crippen molar-refractivity contribution in [1.29, 1.82) is 0 Å². The maximum atomic E-state index is 12.3. The molecule has 0 fully saturated rings. The van der Waals surface area contributed by atoms with Crippen LogP contribution in [0.15, 0.2) is 33.3 Å². The second-order valence-corrected chi connectivity index (χ2v) is 6.07. The van der Waals surface area contributed by atoms with Gasteiger partial charge in [-0.05, 0) is 39.0 Å². The van der Waals surface area contributed by atoms with Gasteiger partial charge >= 0.3 is 0 Å². The van der Waals surface area contributed by atoms with Crippen LogP contribution in [0.2, 0.25) is 0 Å². The van der Waals surface area contributed by atoms with Gasteiger partial charge in [-0.1, -0.05) is 10.3 Å². The first-order valence-electron chi connectivity index (χ1n) is 8.41. The predicted molar refractivity (Wildman–Crippen MR) is 95.7 cm³/mol. The number of ether oxygens (including phenoxy) is 2. The summed E-state index contributed by atoms with van der Waals surface area (Å²) in [6.45, 7) is 6.07. The number of aromatic nitrogens is 2. The maximum Gasteiger partial charge on any atom is 0.251 e. The molecule has 3 rings (SSSR count). The van der Waals surface area contributed by atoms with E-state index in [1.54, 1.807) is 24.3 Å². The molecule has 0 aliphatic heterocycles. The molecule has 8 heteroatoms. The first-order chi connectivity index (χ1) is 13.0. The second-order valence-electron chi connectivity index (χ2n) is 6.07. The van der Waals surface area contributed by atoms with E-state index in [2.05, 4.69) is 15.6 Å². The molecule has 8 nitrogen and oxygen atoms in total. The van der Waals surface area contributed by atoms with Gasteiger partial charge in [-0.3, -0.25) is 4.79 Å². The maximum absolute atomic E-state index is 12.3. The van der Waals surface area contributed by atoms with Crippen LogP contribution >= 0.6 is 0 Å². The first-order valence-corrected chi connectivity index (χ1v) is 8.41. The number of carbonyl (C=O) groups is 1. The number of benzene rings is 1. The van der Waals surface area contributed by atoms with Gasteiger partial charge < -0.3 is 23.8 Å². The summed E-state index contributed by atoms with van der Waals surface area (Å²) in [5.41, 5.74) is 2.89. The Labute approximate surface area is 156 Å². The highest BCUT2D eigenvalue weighted by Gasteiger charge is 2.14. The van der Waals surface area contributed by atoms with Crippen molar-refractivity contribution < 1.29 is 23.3 Å². The van der Waals surface area contributed by atoms with Crippen LogP contribution in [0.5, 0.6) is 11.5 Å². The summed E-state index contributed by atoms with van der Waals surface area (Å²) in [5.74, 6) is 2.04. The Bertz CT molecular complexity index is 925. The van der Waals surface area contributed by atoms with Crippen LogP contribution in [0.25, 0.3) is 0 Å². The highest BCUT2D eigenvalue weighted by atomic mass is 16.5. The largest absolute Gasteiger partial charge is 0.493 e. The van der Waals surface area contributed by atoms with Gasteiger partial charge in [-0.25, -0.2) is 0 Å². The van der Waals surface area contributed by atoms with Crippen molar-refractivity contribution in [1.82, 2.24) is 15.6 Å². The fourth-order valence-corrected chi connectivity index (χ4v) is 2.56. The smallest absolute Gasteiger partial charge is 0.251 e. The Morgan fingerprint density at radius 2 is 1.93 bits per heavy atom. The fraction of sp³-hybridized carbons (Fsp3) is 0.316. The number of methoxy groups -OCH3 is 1. The number of rotatable bonds is 7.